The van der Waals surface area contributed by atoms with Gasteiger partial charge in [0.15, 0.2) is 6.10 Å². The summed E-state index contributed by atoms with van der Waals surface area (Å²) in [5, 5.41) is 8.03. The molecule has 3 aromatic rings. The molecule has 5 rings (SSSR count). The second kappa shape index (κ2) is 9.90. The molecule has 1 atom stereocenters. The van der Waals surface area contributed by atoms with Crippen molar-refractivity contribution in [3.63, 3.8) is 0 Å². The van der Waals surface area contributed by atoms with E-state index in [1.807, 2.05) is 23.6 Å². The van der Waals surface area contributed by atoms with E-state index in [4.69, 9.17) is 33.0 Å². The highest BCUT2D eigenvalue weighted by Gasteiger charge is 2.29. The number of pyridine rings is 1. The number of hydrogen-bond acceptors (Lipinski definition) is 6. The highest BCUT2D eigenvalue weighted by Crippen LogP contribution is 2.35. The van der Waals surface area contributed by atoms with Gasteiger partial charge in [0.1, 0.15) is 17.3 Å². The first-order chi connectivity index (χ1) is 16.5. The maximum Gasteiger partial charge on any atom is 0.269 e. The van der Waals surface area contributed by atoms with E-state index >= 15 is 0 Å². The largest absolute Gasteiger partial charge is 0.387 e. The third-order valence-corrected chi connectivity index (χ3v) is 7.74. The SMILES string of the molecule is O=C(Cn1cccc(Cl)c1=O)N1CCC(c2nc(C3=NOC(c4[c]cccc4Cl)C3)cs2)CC1. The van der Waals surface area contributed by atoms with Crippen LogP contribution < -0.4 is 5.56 Å². The Hall–Kier alpha value is -2.68. The van der Waals surface area contributed by atoms with Gasteiger partial charge >= 0.3 is 0 Å². The van der Waals surface area contributed by atoms with Gasteiger partial charge in [0.2, 0.25) is 5.91 Å². The lowest BCUT2D eigenvalue weighted by molar-refractivity contribution is -0.132. The van der Waals surface area contributed by atoms with Gasteiger partial charge in [0.25, 0.3) is 5.56 Å². The summed E-state index contributed by atoms with van der Waals surface area (Å²) >= 11 is 13.8. The van der Waals surface area contributed by atoms with Crippen molar-refractivity contribution in [2.45, 2.75) is 37.8 Å². The molecule has 175 valence electrons. The van der Waals surface area contributed by atoms with Gasteiger partial charge in [-0.25, -0.2) is 4.98 Å². The number of thiazole rings is 1. The number of likely N-dealkylation sites (tertiary alicyclic amines) is 1. The van der Waals surface area contributed by atoms with Crippen molar-refractivity contribution in [3.05, 3.63) is 84.6 Å². The summed E-state index contributed by atoms with van der Waals surface area (Å²) in [6.07, 6.45) is 3.57. The van der Waals surface area contributed by atoms with E-state index in [0.717, 1.165) is 34.8 Å². The Kier molecular flexibility index (Phi) is 6.72. The van der Waals surface area contributed by atoms with Crippen LogP contribution in [0.25, 0.3) is 0 Å². The highest BCUT2D eigenvalue weighted by atomic mass is 35.5. The number of amides is 1. The van der Waals surface area contributed by atoms with Crippen molar-refractivity contribution in [2.75, 3.05) is 13.1 Å². The summed E-state index contributed by atoms with van der Waals surface area (Å²) < 4.78 is 1.35. The number of oxime groups is 1. The molecular formula is C24H21Cl2N4O3S. The molecule has 0 saturated carbocycles. The zero-order valence-electron chi connectivity index (χ0n) is 18.1. The van der Waals surface area contributed by atoms with Crippen LogP contribution in [-0.2, 0) is 16.2 Å². The molecule has 7 nitrogen and oxygen atoms in total. The first-order valence-electron chi connectivity index (χ1n) is 11.0. The number of aromatic nitrogens is 2. The van der Waals surface area contributed by atoms with Crippen LogP contribution in [0.3, 0.4) is 0 Å². The van der Waals surface area contributed by atoms with Crippen LogP contribution in [0.4, 0.5) is 0 Å². The number of hydrogen-bond donors (Lipinski definition) is 0. The summed E-state index contributed by atoms with van der Waals surface area (Å²) in [5.74, 6) is 0.204. The number of carbonyl (C=O) groups is 1. The number of halogens is 2. The first kappa shape index (κ1) is 23.1. The number of carbonyl (C=O) groups excluding carboxylic acids is 1. The Balaban J connectivity index is 1.17. The molecule has 1 amide bonds. The molecule has 0 N–H and O–H groups in total. The van der Waals surface area contributed by atoms with Crippen molar-refractivity contribution in [3.8, 4) is 0 Å². The third-order valence-electron chi connectivity index (χ3n) is 6.12. The van der Waals surface area contributed by atoms with Crippen LogP contribution in [0.5, 0.6) is 0 Å². The summed E-state index contributed by atoms with van der Waals surface area (Å²) in [7, 11) is 0. The molecule has 1 saturated heterocycles. The minimum atomic E-state index is -0.351. The van der Waals surface area contributed by atoms with Crippen molar-refractivity contribution in [1.29, 1.82) is 0 Å². The fourth-order valence-electron chi connectivity index (χ4n) is 4.22. The smallest absolute Gasteiger partial charge is 0.269 e. The van der Waals surface area contributed by atoms with Crippen LogP contribution in [0, 0.1) is 6.07 Å². The van der Waals surface area contributed by atoms with Gasteiger partial charge in [-0.2, -0.15) is 0 Å². The number of rotatable bonds is 5. The van der Waals surface area contributed by atoms with Gasteiger partial charge in [-0.15, -0.1) is 11.3 Å². The lowest BCUT2D eigenvalue weighted by Gasteiger charge is -2.31. The Morgan fingerprint density at radius 1 is 1.21 bits per heavy atom. The molecule has 0 aliphatic carbocycles. The average molecular weight is 516 g/mol. The van der Waals surface area contributed by atoms with Gasteiger partial charge in [0.05, 0.1) is 10.7 Å². The number of nitrogens with zero attached hydrogens (tertiary/aromatic N) is 4. The molecule has 1 aromatic carbocycles. The van der Waals surface area contributed by atoms with Crippen molar-refractivity contribution >= 4 is 46.2 Å². The highest BCUT2D eigenvalue weighted by molar-refractivity contribution is 7.10. The van der Waals surface area contributed by atoms with E-state index in [-0.39, 0.29) is 35.1 Å². The molecule has 2 aliphatic rings. The quantitative estimate of drug-likeness (QED) is 0.494. The number of benzene rings is 1. The van der Waals surface area contributed by atoms with Gasteiger partial charge in [-0.1, -0.05) is 40.5 Å². The number of piperidine rings is 1. The predicted molar refractivity (Wildman–Crippen MR) is 132 cm³/mol. The van der Waals surface area contributed by atoms with E-state index in [1.165, 1.54) is 10.6 Å². The van der Waals surface area contributed by atoms with Crippen molar-refractivity contribution < 1.29 is 9.63 Å². The van der Waals surface area contributed by atoms with Gasteiger partial charge in [-0.05, 0) is 37.1 Å². The molecule has 4 heterocycles. The summed E-state index contributed by atoms with van der Waals surface area (Å²) in [4.78, 5) is 37.0. The van der Waals surface area contributed by atoms with Crippen molar-refractivity contribution in [1.82, 2.24) is 14.5 Å². The molecule has 1 unspecified atom stereocenters. The monoisotopic (exact) mass is 515 g/mol. The molecule has 10 heteroatoms. The van der Waals surface area contributed by atoms with E-state index in [9.17, 15) is 9.59 Å². The fraction of sp³-hybridized carbons (Fsp3) is 0.333. The zero-order chi connectivity index (χ0) is 23.7. The zero-order valence-corrected chi connectivity index (χ0v) is 20.4. The van der Waals surface area contributed by atoms with E-state index in [0.29, 0.717) is 24.5 Å². The summed E-state index contributed by atoms with van der Waals surface area (Å²) in [6, 6.07) is 11.8. The van der Waals surface area contributed by atoms with Crippen LogP contribution in [-0.4, -0.2) is 39.2 Å². The minimum Gasteiger partial charge on any atom is -0.387 e. The molecule has 34 heavy (non-hydrogen) atoms. The van der Waals surface area contributed by atoms with Gasteiger partial charge in [0, 0.05) is 47.6 Å². The normalized spacial score (nSPS) is 18.6. The second-order valence-electron chi connectivity index (χ2n) is 8.28. The second-order valence-corrected chi connectivity index (χ2v) is 9.99. The van der Waals surface area contributed by atoms with E-state index in [2.05, 4.69) is 11.2 Å². The molecular weight excluding hydrogens is 495 g/mol. The molecule has 0 bridgehead atoms. The van der Waals surface area contributed by atoms with Crippen molar-refractivity contribution in [2.24, 2.45) is 5.16 Å². The molecule has 2 aliphatic heterocycles. The average Bonchev–Trinajstić information content (AvgIpc) is 3.53. The van der Waals surface area contributed by atoms with Crippen LogP contribution in [0.15, 0.2) is 51.9 Å². The third kappa shape index (κ3) is 4.76. The lowest BCUT2D eigenvalue weighted by atomic mass is 9.97. The topological polar surface area (TPSA) is 76.8 Å². The van der Waals surface area contributed by atoms with E-state index < -0.39 is 0 Å². The van der Waals surface area contributed by atoms with Crippen LogP contribution in [0.2, 0.25) is 10.0 Å². The molecule has 1 fully saturated rings. The Labute approximate surface area is 210 Å². The molecule has 0 spiro atoms. The molecule has 1 radical (unpaired) electrons. The Bertz CT molecular complexity index is 1300. The standard InChI is InChI=1S/C24H21Cl2N4O3S/c25-17-5-2-1-4-16(17)21-12-19(28-33-21)20-14-34-23(27-20)15-7-10-29(11-8-15)22(31)13-30-9-3-6-18(26)24(30)32/h1-3,5-6,9,14-15,21H,7-8,10-13H2. The Morgan fingerprint density at radius 3 is 2.79 bits per heavy atom. The first-order valence-corrected chi connectivity index (χ1v) is 12.6. The predicted octanol–water partition coefficient (Wildman–Crippen LogP) is 4.68. The van der Waals surface area contributed by atoms with E-state index in [1.54, 1.807) is 28.5 Å². The van der Waals surface area contributed by atoms with Crippen LogP contribution >= 0.6 is 34.5 Å². The van der Waals surface area contributed by atoms with Crippen LogP contribution in [0.1, 0.15) is 47.5 Å². The minimum absolute atomic E-state index is 0.00465. The van der Waals surface area contributed by atoms with Gasteiger partial charge in [-0.3, -0.25) is 9.59 Å². The maximum atomic E-state index is 12.7. The maximum absolute atomic E-state index is 12.7. The summed E-state index contributed by atoms with van der Waals surface area (Å²) in [5.41, 5.74) is 2.08. The lowest BCUT2D eigenvalue weighted by Crippen LogP contribution is -2.41. The Morgan fingerprint density at radius 2 is 2.00 bits per heavy atom. The summed E-state index contributed by atoms with van der Waals surface area (Å²) in [6.45, 7) is 1.25. The fourth-order valence-corrected chi connectivity index (χ4v) is 5.65. The molecule has 2 aromatic heterocycles. The van der Waals surface area contributed by atoms with Gasteiger partial charge < -0.3 is 14.3 Å².